The van der Waals surface area contributed by atoms with E-state index in [0.29, 0.717) is 11.4 Å². The van der Waals surface area contributed by atoms with E-state index in [4.69, 9.17) is 14.6 Å². The van der Waals surface area contributed by atoms with Gasteiger partial charge in [0.2, 0.25) is 0 Å². The van der Waals surface area contributed by atoms with Crippen LogP contribution in [-0.2, 0) is 4.79 Å². The van der Waals surface area contributed by atoms with Crippen molar-refractivity contribution in [1.29, 1.82) is 0 Å². The maximum Gasteiger partial charge on any atom is 0.341 e. The number of thiazole rings is 1. The number of aryl methyl sites for hydroxylation is 2. The number of nitrogens with zero attached hydrogens (tertiary/aromatic N) is 3. The number of para-hydroxylation sites is 1. The molecule has 0 amide bonds. The quantitative estimate of drug-likeness (QED) is 0.657. The lowest BCUT2D eigenvalue weighted by molar-refractivity contribution is -0.139. The van der Waals surface area contributed by atoms with Gasteiger partial charge in [-0.2, -0.15) is 4.98 Å². The molecule has 2 aromatic heterocycles. The van der Waals surface area contributed by atoms with Crippen molar-refractivity contribution < 1.29 is 19.4 Å². The standard InChI is InChI=1S/C21H23N3O4S/c1-13-5-3-4-6-16(13)28-15-7-9-24(10-8-15)21-23-20-19(29-21)17(11-14(2)22-20)27-12-18(25)26/h3-6,11,15H,7-10,12H2,1-2H3,(H,25,26). The Labute approximate surface area is 172 Å². The molecule has 1 N–H and O–H groups in total. The number of pyridine rings is 1. The molecule has 0 unspecified atom stereocenters. The van der Waals surface area contributed by atoms with Gasteiger partial charge in [0, 0.05) is 37.7 Å². The van der Waals surface area contributed by atoms with Crippen LogP contribution in [0, 0.1) is 13.8 Å². The molecule has 0 atom stereocenters. The summed E-state index contributed by atoms with van der Waals surface area (Å²) in [7, 11) is 0. The van der Waals surface area contributed by atoms with Crippen molar-refractivity contribution in [2.24, 2.45) is 0 Å². The number of aromatic nitrogens is 2. The number of hydrogen-bond acceptors (Lipinski definition) is 7. The molecule has 8 heteroatoms. The van der Waals surface area contributed by atoms with E-state index in [1.807, 2.05) is 25.1 Å². The van der Waals surface area contributed by atoms with Gasteiger partial charge in [0.15, 0.2) is 17.4 Å². The number of carboxylic acid groups (broad SMARTS) is 1. The van der Waals surface area contributed by atoms with E-state index >= 15 is 0 Å². The van der Waals surface area contributed by atoms with Gasteiger partial charge in [0.1, 0.15) is 22.3 Å². The van der Waals surface area contributed by atoms with Crippen LogP contribution in [0.15, 0.2) is 30.3 Å². The van der Waals surface area contributed by atoms with E-state index in [0.717, 1.165) is 52.8 Å². The number of carboxylic acids is 1. The van der Waals surface area contributed by atoms with Gasteiger partial charge in [-0.1, -0.05) is 29.5 Å². The fraction of sp³-hybridized carbons (Fsp3) is 0.381. The number of hydrogen-bond donors (Lipinski definition) is 1. The van der Waals surface area contributed by atoms with Crippen LogP contribution in [0.25, 0.3) is 10.3 Å². The number of benzene rings is 1. The molecular weight excluding hydrogens is 390 g/mol. The van der Waals surface area contributed by atoms with Gasteiger partial charge in [-0.05, 0) is 25.5 Å². The molecule has 0 spiro atoms. The second kappa shape index (κ2) is 8.24. The minimum absolute atomic E-state index is 0.191. The Bertz CT molecular complexity index is 1030. The van der Waals surface area contributed by atoms with Crippen LogP contribution >= 0.6 is 11.3 Å². The highest BCUT2D eigenvalue weighted by Gasteiger charge is 2.24. The summed E-state index contributed by atoms with van der Waals surface area (Å²) in [5.74, 6) is 0.468. The van der Waals surface area contributed by atoms with E-state index < -0.39 is 5.97 Å². The molecule has 0 bridgehead atoms. The highest BCUT2D eigenvalue weighted by Crippen LogP contribution is 2.36. The Kier molecular flexibility index (Phi) is 5.53. The van der Waals surface area contributed by atoms with Crippen molar-refractivity contribution >= 4 is 32.8 Å². The maximum absolute atomic E-state index is 10.9. The summed E-state index contributed by atoms with van der Waals surface area (Å²) in [6.45, 7) is 5.22. The van der Waals surface area contributed by atoms with Gasteiger partial charge >= 0.3 is 5.97 Å². The molecule has 0 radical (unpaired) electrons. The predicted molar refractivity (Wildman–Crippen MR) is 112 cm³/mol. The number of fused-ring (bicyclic) bond motifs is 1. The predicted octanol–water partition coefficient (Wildman–Crippen LogP) is 3.82. The Morgan fingerprint density at radius 3 is 2.69 bits per heavy atom. The van der Waals surface area contributed by atoms with Crippen LogP contribution in [0.3, 0.4) is 0 Å². The summed E-state index contributed by atoms with van der Waals surface area (Å²) < 4.78 is 12.4. The fourth-order valence-corrected chi connectivity index (χ4v) is 4.43. The first-order valence-corrected chi connectivity index (χ1v) is 10.4. The lowest BCUT2D eigenvalue weighted by atomic mass is 10.1. The second-order valence-electron chi connectivity index (χ2n) is 7.16. The van der Waals surface area contributed by atoms with Crippen molar-refractivity contribution in [3.05, 3.63) is 41.6 Å². The lowest BCUT2D eigenvalue weighted by Crippen LogP contribution is -2.38. The first kappa shape index (κ1) is 19.4. The van der Waals surface area contributed by atoms with Crippen molar-refractivity contribution in [2.75, 3.05) is 24.6 Å². The van der Waals surface area contributed by atoms with Crippen LogP contribution in [0.5, 0.6) is 11.5 Å². The summed E-state index contributed by atoms with van der Waals surface area (Å²) in [5.41, 5.74) is 2.50. The average Bonchev–Trinajstić information content (AvgIpc) is 3.12. The molecule has 152 valence electrons. The summed E-state index contributed by atoms with van der Waals surface area (Å²) in [4.78, 5) is 22.2. The van der Waals surface area contributed by atoms with E-state index in [1.54, 1.807) is 6.07 Å². The van der Waals surface area contributed by atoms with Crippen molar-refractivity contribution in [1.82, 2.24) is 9.97 Å². The molecule has 1 saturated heterocycles. The number of rotatable bonds is 6. The third-order valence-corrected chi connectivity index (χ3v) is 6.01. The maximum atomic E-state index is 10.9. The third kappa shape index (κ3) is 4.42. The number of anilines is 1. The fourth-order valence-electron chi connectivity index (χ4n) is 3.41. The molecule has 7 nitrogen and oxygen atoms in total. The largest absolute Gasteiger partial charge is 0.490 e. The molecule has 1 fully saturated rings. The summed E-state index contributed by atoms with van der Waals surface area (Å²) in [6.07, 6.45) is 2.02. The lowest BCUT2D eigenvalue weighted by Gasteiger charge is -2.32. The minimum atomic E-state index is -1.01. The molecule has 3 aromatic rings. The first-order chi connectivity index (χ1) is 14.0. The molecule has 29 heavy (non-hydrogen) atoms. The second-order valence-corrected chi connectivity index (χ2v) is 8.14. The Morgan fingerprint density at radius 2 is 1.97 bits per heavy atom. The van der Waals surface area contributed by atoms with Crippen LogP contribution < -0.4 is 14.4 Å². The number of piperidine rings is 1. The van der Waals surface area contributed by atoms with Gasteiger partial charge in [0.25, 0.3) is 0 Å². The molecule has 3 heterocycles. The van der Waals surface area contributed by atoms with E-state index in [9.17, 15) is 4.79 Å². The topological polar surface area (TPSA) is 84.8 Å². The molecule has 1 aliphatic heterocycles. The monoisotopic (exact) mass is 413 g/mol. The summed E-state index contributed by atoms with van der Waals surface area (Å²) >= 11 is 1.49. The zero-order valence-electron chi connectivity index (χ0n) is 16.4. The molecule has 0 aliphatic carbocycles. The van der Waals surface area contributed by atoms with Crippen molar-refractivity contribution in [3.63, 3.8) is 0 Å². The Morgan fingerprint density at radius 1 is 1.21 bits per heavy atom. The first-order valence-electron chi connectivity index (χ1n) is 9.59. The van der Waals surface area contributed by atoms with Crippen LogP contribution in [0.4, 0.5) is 5.13 Å². The SMILES string of the molecule is Cc1cc(OCC(=O)O)c2sc(N3CCC(Oc4ccccc4C)CC3)nc2n1. The zero-order valence-corrected chi connectivity index (χ0v) is 17.2. The smallest absolute Gasteiger partial charge is 0.341 e. The third-order valence-electron chi connectivity index (χ3n) is 4.89. The number of ether oxygens (including phenoxy) is 2. The summed E-state index contributed by atoms with van der Waals surface area (Å²) in [6, 6.07) is 9.85. The van der Waals surface area contributed by atoms with Gasteiger partial charge < -0.3 is 19.5 Å². The number of carbonyl (C=O) groups is 1. The Hall–Kier alpha value is -2.87. The number of aliphatic carboxylic acids is 1. The molecule has 1 aliphatic rings. The molecule has 0 saturated carbocycles. The average molecular weight is 413 g/mol. The molecule has 1 aromatic carbocycles. The highest BCUT2D eigenvalue weighted by atomic mass is 32.1. The zero-order chi connectivity index (χ0) is 20.4. The van der Waals surface area contributed by atoms with Crippen LogP contribution in [-0.4, -0.2) is 46.8 Å². The van der Waals surface area contributed by atoms with Crippen molar-refractivity contribution in [3.8, 4) is 11.5 Å². The highest BCUT2D eigenvalue weighted by molar-refractivity contribution is 7.22. The van der Waals surface area contributed by atoms with Crippen LogP contribution in [0.1, 0.15) is 24.1 Å². The minimum Gasteiger partial charge on any atom is -0.490 e. The van der Waals surface area contributed by atoms with Crippen LogP contribution in [0.2, 0.25) is 0 Å². The van der Waals surface area contributed by atoms with Gasteiger partial charge in [0.05, 0.1) is 0 Å². The van der Waals surface area contributed by atoms with Gasteiger partial charge in [-0.25, -0.2) is 9.78 Å². The van der Waals surface area contributed by atoms with E-state index in [1.165, 1.54) is 11.3 Å². The summed E-state index contributed by atoms with van der Waals surface area (Å²) in [5, 5.41) is 9.78. The normalized spacial score (nSPS) is 14.9. The van der Waals surface area contributed by atoms with E-state index in [2.05, 4.69) is 27.9 Å². The molecular formula is C21H23N3O4S. The van der Waals surface area contributed by atoms with Crippen molar-refractivity contribution in [2.45, 2.75) is 32.8 Å². The Balaban J connectivity index is 1.46. The molecule has 4 rings (SSSR count). The van der Waals surface area contributed by atoms with Gasteiger partial charge in [-0.3, -0.25) is 0 Å². The van der Waals surface area contributed by atoms with Gasteiger partial charge in [-0.15, -0.1) is 0 Å². The van der Waals surface area contributed by atoms with E-state index in [-0.39, 0.29) is 12.7 Å².